The number of thiophene rings is 1. The molecule has 2 aromatic rings. The molecule has 0 saturated carbocycles. The molecule has 0 saturated heterocycles. The second-order valence-corrected chi connectivity index (χ2v) is 6.49. The van der Waals surface area contributed by atoms with E-state index in [4.69, 9.17) is 16.3 Å². The van der Waals surface area contributed by atoms with Crippen LogP contribution in [0.25, 0.3) is 0 Å². The lowest BCUT2D eigenvalue weighted by Crippen LogP contribution is -2.31. The Kier molecular flexibility index (Phi) is 5.79. The van der Waals surface area contributed by atoms with Gasteiger partial charge in [0.2, 0.25) is 0 Å². The highest BCUT2D eigenvalue weighted by molar-refractivity contribution is 7.16. The van der Waals surface area contributed by atoms with Crippen LogP contribution in [-0.2, 0) is 16.1 Å². The van der Waals surface area contributed by atoms with E-state index >= 15 is 0 Å². The maximum absolute atomic E-state index is 12.3. The third kappa shape index (κ3) is 4.30. The van der Waals surface area contributed by atoms with Crippen molar-refractivity contribution in [3.8, 4) is 0 Å². The van der Waals surface area contributed by atoms with Crippen LogP contribution in [0, 0.1) is 0 Å². The average Bonchev–Trinajstić information content (AvgIpc) is 2.86. The summed E-state index contributed by atoms with van der Waals surface area (Å²) in [6, 6.07) is 13.1. The number of esters is 1. The van der Waals surface area contributed by atoms with Crippen molar-refractivity contribution in [3.05, 3.63) is 57.2 Å². The van der Waals surface area contributed by atoms with Gasteiger partial charge in [-0.3, -0.25) is 4.90 Å². The Labute approximate surface area is 134 Å². The van der Waals surface area contributed by atoms with E-state index < -0.39 is 6.04 Å². The van der Waals surface area contributed by atoms with Gasteiger partial charge in [0.15, 0.2) is 0 Å². The van der Waals surface area contributed by atoms with E-state index in [1.54, 1.807) is 0 Å². The Morgan fingerprint density at radius 2 is 2.00 bits per heavy atom. The van der Waals surface area contributed by atoms with E-state index in [-0.39, 0.29) is 5.97 Å². The molecule has 1 aromatic carbocycles. The summed E-state index contributed by atoms with van der Waals surface area (Å²) in [7, 11) is 1.92. The topological polar surface area (TPSA) is 29.5 Å². The van der Waals surface area contributed by atoms with Crippen molar-refractivity contribution < 1.29 is 9.53 Å². The van der Waals surface area contributed by atoms with Crippen molar-refractivity contribution >= 4 is 28.9 Å². The molecule has 0 aliphatic heterocycles. The number of rotatable bonds is 6. The molecule has 1 unspecified atom stereocenters. The summed E-state index contributed by atoms with van der Waals surface area (Å²) in [6.07, 6.45) is 0. The van der Waals surface area contributed by atoms with Crippen LogP contribution in [0.5, 0.6) is 0 Å². The molecule has 5 heteroatoms. The number of halogens is 1. The molecule has 112 valence electrons. The largest absolute Gasteiger partial charge is 0.465 e. The molecule has 3 nitrogen and oxygen atoms in total. The number of nitrogens with zero attached hydrogens (tertiary/aromatic N) is 1. The maximum atomic E-state index is 12.3. The molecule has 0 aliphatic rings. The summed E-state index contributed by atoms with van der Waals surface area (Å²) in [5.74, 6) is -0.228. The van der Waals surface area contributed by atoms with Gasteiger partial charge >= 0.3 is 5.97 Å². The molecule has 0 N–H and O–H groups in total. The second-order valence-electron chi connectivity index (χ2n) is 4.69. The molecule has 1 aromatic heterocycles. The fourth-order valence-electron chi connectivity index (χ4n) is 2.20. The summed E-state index contributed by atoms with van der Waals surface area (Å²) in [4.78, 5) is 15.4. The SMILES string of the molecule is CCOC(=O)C(c1ccccc1)N(C)Cc1ccc(Cl)s1. The van der Waals surface area contributed by atoms with E-state index in [0.717, 1.165) is 14.8 Å². The van der Waals surface area contributed by atoms with E-state index in [9.17, 15) is 4.79 Å². The fraction of sp³-hybridized carbons (Fsp3) is 0.312. The first-order valence-corrected chi connectivity index (χ1v) is 7.97. The van der Waals surface area contributed by atoms with Gasteiger partial charge in [-0.25, -0.2) is 4.79 Å². The molecular formula is C16H18ClNO2S. The van der Waals surface area contributed by atoms with Gasteiger partial charge in [0.05, 0.1) is 10.9 Å². The summed E-state index contributed by atoms with van der Waals surface area (Å²) in [6.45, 7) is 2.84. The third-order valence-corrected chi connectivity index (χ3v) is 4.32. The Hall–Kier alpha value is -1.36. The predicted molar refractivity (Wildman–Crippen MR) is 86.6 cm³/mol. The highest BCUT2D eigenvalue weighted by Gasteiger charge is 2.26. The Balaban J connectivity index is 2.20. The van der Waals surface area contributed by atoms with Crippen molar-refractivity contribution in [2.75, 3.05) is 13.7 Å². The van der Waals surface area contributed by atoms with Crippen LogP contribution in [0.15, 0.2) is 42.5 Å². The van der Waals surface area contributed by atoms with Gasteiger partial charge in [0.1, 0.15) is 6.04 Å². The van der Waals surface area contributed by atoms with Gasteiger partial charge in [-0.2, -0.15) is 0 Å². The minimum absolute atomic E-state index is 0.228. The van der Waals surface area contributed by atoms with Crippen LogP contribution >= 0.6 is 22.9 Å². The van der Waals surface area contributed by atoms with E-state index in [2.05, 4.69) is 0 Å². The lowest BCUT2D eigenvalue weighted by atomic mass is 10.1. The van der Waals surface area contributed by atoms with Gasteiger partial charge in [-0.15, -0.1) is 11.3 Å². The van der Waals surface area contributed by atoms with Crippen LogP contribution < -0.4 is 0 Å². The minimum atomic E-state index is -0.410. The minimum Gasteiger partial charge on any atom is -0.465 e. The summed E-state index contributed by atoms with van der Waals surface area (Å²) in [5, 5.41) is 0. The highest BCUT2D eigenvalue weighted by atomic mass is 35.5. The Morgan fingerprint density at radius 1 is 1.29 bits per heavy atom. The summed E-state index contributed by atoms with van der Waals surface area (Å²) >= 11 is 7.49. The smallest absolute Gasteiger partial charge is 0.328 e. The van der Waals surface area contributed by atoms with Crippen molar-refractivity contribution in [1.29, 1.82) is 0 Å². The molecule has 0 aliphatic carbocycles. The van der Waals surface area contributed by atoms with E-state index in [0.29, 0.717) is 13.2 Å². The lowest BCUT2D eigenvalue weighted by Gasteiger charge is -2.26. The zero-order valence-electron chi connectivity index (χ0n) is 12.1. The number of likely N-dealkylation sites (N-methyl/N-ethyl adjacent to an activating group) is 1. The van der Waals surface area contributed by atoms with Crippen LogP contribution in [0.2, 0.25) is 4.34 Å². The van der Waals surface area contributed by atoms with Gasteiger partial charge in [0, 0.05) is 11.4 Å². The monoisotopic (exact) mass is 323 g/mol. The molecule has 1 atom stereocenters. The van der Waals surface area contributed by atoms with Gasteiger partial charge in [-0.1, -0.05) is 41.9 Å². The zero-order valence-corrected chi connectivity index (χ0v) is 13.7. The second kappa shape index (κ2) is 7.59. The van der Waals surface area contributed by atoms with Gasteiger partial charge < -0.3 is 4.74 Å². The first kappa shape index (κ1) is 16.0. The zero-order chi connectivity index (χ0) is 15.2. The molecule has 21 heavy (non-hydrogen) atoms. The van der Waals surface area contributed by atoms with Crippen molar-refractivity contribution in [3.63, 3.8) is 0 Å². The predicted octanol–water partition coefficient (Wildman–Crippen LogP) is 4.14. The fourth-order valence-corrected chi connectivity index (χ4v) is 3.35. The standard InChI is InChI=1S/C16H18ClNO2S/c1-3-20-16(19)15(12-7-5-4-6-8-12)18(2)11-13-9-10-14(17)21-13/h4-10,15H,3,11H2,1-2H3. The van der Waals surface area contributed by atoms with Gasteiger partial charge in [-0.05, 0) is 31.7 Å². The molecule has 1 heterocycles. The number of ether oxygens (including phenoxy) is 1. The molecule has 0 radical (unpaired) electrons. The first-order valence-electron chi connectivity index (χ1n) is 6.78. The van der Waals surface area contributed by atoms with Crippen LogP contribution in [-0.4, -0.2) is 24.5 Å². The van der Waals surface area contributed by atoms with Crippen molar-refractivity contribution in [1.82, 2.24) is 4.90 Å². The van der Waals surface area contributed by atoms with Crippen molar-refractivity contribution in [2.45, 2.75) is 19.5 Å². The molecule has 0 fully saturated rings. The number of benzene rings is 1. The number of hydrogen-bond acceptors (Lipinski definition) is 4. The molecule has 0 amide bonds. The number of hydrogen-bond donors (Lipinski definition) is 0. The van der Waals surface area contributed by atoms with E-state index in [1.807, 2.05) is 61.3 Å². The molecule has 2 rings (SSSR count). The average molecular weight is 324 g/mol. The third-order valence-electron chi connectivity index (χ3n) is 3.10. The maximum Gasteiger partial charge on any atom is 0.328 e. The lowest BCUT2D eigenvalue weighted by molar-refractivity contribution is -0.149. The quantitative estimate of drug-likeness (QED) is 0.748. The van der Waals surface area contributed by atoms with Crippen LogP contribution in [0.1, 0.15) is 23.4 Å². The molecular weight excluding hydrogens is 306 g/mol. The number of carbonyl (C=O) groups excluding carboxylic acids is 1. The molecule has 0 spiro atoms. The normalized spacial score (nSPS) is 12.4. The Bertz CT molecular complexity index is 585. The summed E-state index contributed by atoms with van der Waals surface area (Å²) < 4.78 is 5.97. The number of carbonyl (C=O) groups is 1. The summed E-state index contributed by atoms with van der Waals surface area (Å²) in [5.41, 5.74) is 0.932. The highest BCUT2D eigenvalue weighted by Crippen LogP contribution is 2.27. The van der Waals surface area contributed by atoms with Crippen LogP contribution in [0.4, 0.5) is 0 Å². The molecule has 0 bridgehead atoms. The van der Waals surface area contributed by atoms with E-state index in [1.165, 1.54) is 11.3 Å². The Morgan fingerprint density at radius 3 is 2.57 bits per heavy atom. The van der Waals surface area contributed by atoms with Crippen molar-refractivity contribution in [2.24, 2.45) is 0 Å². The van der Waals surface area contributed by atoms with Crippen LogP contribution in [0.3, 0.4) is 0 Å². The van der Waals surface area contributed by atoms with Gasteiger partial charge in [0.25, 0.3) is 0 Å². The first-order chi connectivity index (χ1) is 10.1.